The number of carbonyl (C=O) groups is 1. The molecule has 4 rings (SSSR count). The number of benzene rings is 2. The molecule has 0 unspecified atom stereocenters. The Bertz CT molecular complexity index is 1230. The van der Waals surface area contributed by atoms with E-state index in [1.165, 1.54) is 51.7 Å². The summed E-state index contributed by atoms with van der Waals surface area (Å²) in [7, 11) is 1.37. The summed E-state index contributed by atoms with van der Waals surface area (Å²) in [6.45, 7) is 3.99. The van der Waals surface area contributed by atoms with Gasteiger partial charge in [-0.15, -0.1) is 0 Å². The Morgan fingerprint density at radius 2 is 1.92 bits per heavy atom. The highest BCUT2D eigenvalue weighted by molar-refractivity contribution is 6.32. The van der Waals surface area contributed by atoms with Crippen LogP contribution in [0, 0.1) is 11.6 Å². The van der Waals surface area contributed by atoms with Gasteiger partial charge in [0.05, 0.1) is 6.61 Å². The molecule has 3 aromatic rings. The van der Waals surface area contributed by atoms with Crippen molar-refractivity contribution in [3.63, 3.8) is 0 Å². The molecule has 8 nitrogen and oxygen atoms in total. The molecule has 0 bridgehead atoms. The number of piperidine rings is 1. The van der Waals surface area contributed by atoms with E-state index in [-0.39, 0.29) is 11.8 Å². The smallest absolute Gasteiger partial charge is 0.420 e. The number of halogens is 3. The molecule has 0 aliphatic carbocycles. The second-order valence-electron chi connectivity index (χ2n) is 8.59. The van der Waals surface area contributed by atoms with Gasteiger partial charge in [-0.05, 0) is 62.7 Å². The molecule has 0 radical (unpaired) electrons. The Labute approximate surface area is 219 Å². The number of amides is 1. The minimum absolute atomic E-state index is 0.167. The summed E-state index contributed by atoms with van der Waals surface area (Å²) < 4.78 is 38.5. The van der Waals surface area contributed by atoms with Gasteiger partial charge in [-0.2, -0.15) is 4.98 Å². The third-order valence-corrected chi connectivity index (χ3v) is 6.23. The molecule has 11 heteroatoms. The van der Waals surface area contributed by atoms with Crippen molar-refractivity contribution in [3.8, 4) is 11.5 Å². The summed E-state index contributed by atoms with van der Waals surface area (Å²) >= 11 is 5.74. The summed E-state index contributed by atoms with van der Waals surface area (Å²) in [6, 6.07) is 10.5. The van der Waals surface area contributed by atoms with Crippen LogP contribution in [0.1, 0.15) is 25.7 Å². The molecule has 1 saturated heterocycles. The monoisotopic (exact) mass is 531 g/mol. The standard InChI is InChI=1S/C26H28ClF2N5O3/c1-33(26(35)37-24-21(29)10-9-20(28)23(24)27)22-11-12-30-25(32-22)31-18-7-5-8-19(17-18)36-16-6-15-34-13-3-2-4-14-34/h5,7-12,17H,2-4,6,13-16H2,1H3,(H,30,31,32). The molecule has 1 fully saturated rings. The molecule has 1 amide bonds. The van der Waals surface area contributed by atoms with Gasteiger partial charge >= 0.3 is 6.09 Å². The van der Waals surface area contributed by atoms with Gasteiger partial charge in [0, 0.05) is 31.5 Å². The number of likely N-dealkylation sites (tertiary alicyclic amines) is 1. The van der Waals surface area contributed by atoms with Crippen molar-refractivity contribution in [1.82, 2.24) is 14.9 Å². The lowest BCUT2D eigenvalue weighted by Crippen LogP contribution is -2.31. The summed E-state index contributed by atoms with van der Waals surface area (Å²) in [4.78, 5) is 24.5. The Hall–Kier alpha value is -3.50. The van der Waals surface area contributed by atoms with Crippen LogP contribution in [0.25, 0.3) is 0 Å². The highest BCUT2D eigenvalue weighted by Crippen LogP contribution is 2.31. The van der Waals surface area contributed by atoms with Crippen LogP contribution in [0.4, 0.5) is 31.0 Å². The minimum Gasteiger partial charge on any atom is -0.493 e. The first-order valence-electron chi connectivity index (χ1n) is 12.0. The average Bonchev–Trinajstić information content (AvgIpc) is 2.92. The zero-order valence-corrected chi connectivity index (χ0v) is 21.2. The van der Waals surface area contributed by atoms with E-state index in [0.717, 1.165) is 35.7 Å². The van der Waals surface area contributed by atoms with Gasteiger partial charge in [0.25, 0.3) is 0 Å². The highest BCUT2D eigenvalue weighted by atomic mass is 35.5. The number of rotatable bonds is 9. The van der Waals surface area contributed by atoms with Gasteiger partial charge in [0.1, 0.15) is 22.4 Å². The first kappa shape index (κ1) is 26.6. The van der Waals surface area contributed by atoms with Crippen molar-refractivity contribution in [1.29, 1.82) is 0 Å². The molecule has 0 spiro atoms. The van der Waals surface area contributed by atoms with Crippen LogP contribution in [0.5, 0.6) is 11.5 Å². The van der Waals surface area contributed by atoms with Crippen LogP contribution >= 0.6 is 11.6 Å². The van der Waals surface area contributed by atoms with Gasteiger partial charge in [-0.1, -0.05) is 24.1 Å². The summed E-state index contributed by atoms with van der Waals surface area (Å²) in [5, 5.41) is 2.45. The van der Waals surface area contributed by atoms with E-state index < -0.39 is 28.5 Å². The van der Waals surface area contributed by atoms with Crippen LogP contribution in [-0.2, 0) is 0 Å². The summed E-state index contributed by atoms with van der Waals surface area (Å²) in [5.41, 5.74) is 0.699. The van der Waals surface area contributed by atoms with Gasteiger partial charge in [0.2, 0.25) is 5.95 Å². The fourth-order valence-electron chi connectivity index (χ4n) is 3.90. The van der Waals surface area contributed by atoms with Gasteiger partial charge in [-0.3, -0.25) is 4.90 Å². The maximum absolute atomic E-state index is 14.0. The van der Waals surface area contributed by atoms with Crippen LogP contribution in [0.2, 0.25) is 5.02 Å². The topological polar surface area (TPSA) is 79.8 Å². The third kappa shape index (κ3) is 7.27. The lowest BCUT2D eigenvalue weighted by Gasteiger charge is -2.26. The maximum atomic E-state index is 14.0. The molecule has 1 aromatic heterocycles. The fourth-order valence-corrected chi connectivity index (χ4v) is 4.09. The van der Waals surface area contributed by atoms with Crippen LogP contribution in [-0.4, -0.2) is 54.2 Å². The van der Waals surface area contributed by atoms with E-state index in [9.17, 15) is 13.6 Å². The molecule has 196 valence electrons. The predicted octanol–water partition coefficient (Wildman–Crippen LogP) is 6.04. The molecule has 1 aliphatic heterocycles. The Morgan fingerprint density at radius 1 is 1.14 bits per heavy atom. The molecule has 37 heavy (non-hydrogen) atoms. The lowest BCUT2D eigenvalue weighted by atomic mass is 10.1. The van der Waals surface area contributed by atoms with Crippen molar-refractivity contribution in [3.05, 3.63) is 65.3 Å². The Balaban J connectivity index is 1.34. The minimum atomic E-state index is -1.00. The van der Waals surface area contributed by atoms with Gasteiger partial charge in [-0.25, -0.2) is 18.6 Å². The SMILES string of the molecule is CN(C(=O)Oc1c(F)ccc(F)c1Cl)c1ccnc(Nc2cccc(OCCCN3CCCCC3)c2)n1. The van der Waals surface area contributed by atoms with Crippen molar-refractivity contribution in [2.75, 3.05) is 43.5 Å². The molecule has 1 N–H and O–H groups in total. The van der Waals surface area contributed by atoms with E-state index in [4.69, 9.17) is 21.1 Å². The van der Waals surface area contributed by atoms with Gasteiger partial charge in [0.15, 0.2) is 11.6 Å². The summed E-state index contributed by atoms with van der Waals surface area (Å²) in [5.74, 6) is -1.47. The normalized spacial score (nSPS) is 13.7. The number of nitrogens with zero attached hydrogens (tertiary/aromatic N) is 4. The number of ether oxygens (including phenoxy) is 2. The summed E-state index contributed by atoms with van der Waals surface area (Å²) in [6.07, 6.45) is 5.27. The largest absolute Gasteiger partial charge is 0.493 e. The second kappa shape index (κ2) is 12.6. The first-order chi connectivity index (χ1) is 17.9. The number of aromatic nitrogens is 2. The first-order valence-corrected chi connectivity index (χ1v) is 12.4. The van der Waals surface area contributed by atoms with E-state index in [2.05, 4.69) is 20.2 Å². The number of nitrogens with one attached hydrogen (secondary N) is 1. The number of anilines is 3. The number of hydrogen-bond acceptors (Lipinski definition) is 7. The Kier molecular flexibility index (Phi) is 9.08. The molecule has 0 saturated carbocycles. The second-order valence-corrected chi connectivity index (χ2v) is 8.97. The van der Waals surface area contributed by atoms with Crippen molar-refractivity contribution in [2.45, 2.75) is 25.7 Å². The fraction of sp³-hybridized carbons (Fsp3) is 0.346. The maximum Gasteiger partial charge on any atom is 0.420 e. The molecule has 2 aromatic carbocycles. The van der Waals surface area contributed by atoms with Crippen molar-refractivity contribution >= 4 is 35.1 Å². The average molecular weight is 532 g/mol. The van der Waals surface area contributed by atoms with Gasteiger partial charge < -0.3 is 19.7 Å². The quantitative estimate of drug-likeness (QED) is 0.266. The lowest BCUT2D eigenvalue weighted by molar-refractivity contribution is 0.205. The van der Waals surface area contributed by atoms with E-state index in [1.807, 2.05) is 24.3 Å². The number of hydrogen-bond donors (Lipinski definition) is 1. The zero-order valence-electron chi connectivity index (χ0n) is 20.4. The Morgan fingerprint density at radius 3 is 2.73 bits per heavy atom. The zero-order chi connectivity index (χ0) is 26.2. The van der Waals surface area contributed by atoms with Crippen LogP contribution < -0.4 is 19.7 Å². The predicted molar refractivity (Wildman–Crippen MR) is 138 cm³/mol. The highest BCUT2D eigenvalue weighted by Gasteiger charge is 2.21. The van der Waals surface area contributed by atoms with E-state index >= 15 is 0 Å². The molecular formula is C26H28ClF2N5O3. The van der Waals surface area contributed by atoms with Crippen molar-refractivity contribution in [2.24, 2.45) is 0 Å². The van der Waals surface area contributed by atoms with E-state index in [0.29, 0.717) is 12.3 Å². The van der Waals surface area contributed by atoms with E-state index in [1.54, 1.807) is 0 Å². The molecule has 0 atom stereocenters. The van der Waals surface area contributed by atoms with Crippen LogP contribution in [0.3, 0.4) is 0 Å². The van der Waals surface area contributed by atoms with Crippen molar-refractivity contribution < 1.29 is 23.0 Å². The molecule has 1 aliphatic rings. The number of carbonyl (C=O) groups excluding carboxylic acids is 1. The van der Waals surface area contributed by atoms with Crippen LogP contribution in [0.15, 0.2) is 48.7 Å². The third-order valence-electron chi connectivity index (χ3n) is 5.88. The molecular weight excluding hydrogens is 504 g/mol. The molecule has 2 heterocycles.